The molecule has 0 heterocycles. The van der Waals surface area contributed by atoms with Crippen LogP contribution in [0.1, 0.15) is 53.4 Å². The predicted octanol–water partition coefficient (Wildman–Crippen LogP) is 2.25. The van der Waals surface area contributed by atoms with Crippen molar-refractivity contribution in [3.63, 3.8) is 0 Å². The van der Waals surface area contributed by atoms with Crippen molar-refractivity contribution >= 4 is 0 Å². The molecule has 0 aromatic heterocycles. The van der Waals surface area contributed by atoms with Gasteiger partial charge in [0.25, 0.3) is 0 Å². The topological polar surface area (TPSA) is 35.5 Å². The molecule has 0 spiro atoms. The van der Waals surface area contributed by atoms with Gasteiger partial charge < -0.3 is 10.4 Å². The van der Waals surface area contributed by atoms with Gasteiger partial charge in [-0.05, 0) is 39.3 Å². The summed E-state index contributed by atoms with van der Waals surface area (Å²) in [4.78, 5) is 2.51. The van der Waals surface area contributed by atoms with E-state index in [9.17, 15) is 5.11 Å². The van der Waals surface area contributed by atoms with E-state index in [0.29, 0.717) is 6.04 Å². The van der Waals surface area contributed by atoms with Crippen LogP contribution in [-0.2, 0) is 0 Å². The van der Waals surface area contributed by atoms with E-state index in [4.69, 9.17) is 0 Å². The zero-order chi connectivity index (χ0) is 13.1. The van der Waals surface area contributed by atoms with Crippen LogP contribution in [0.4, 0.5) is 0 Å². The predicted molar refractivity (Wildman–Crippen MR) is 75.4 cm³/mol. The molecule has 0 aromatic carbocycles. The van der Waals surface area contributed by atoms with E-state index >= 15 is 0 Å². The molecular weight excluding hydrogens is 212 g/mol. The van der Waals surface area contributed by atoms with Crippen molar-refractivity contribution in [1.29, 1.82) is 0 Å². The molecule has 0 rings (SSSR count). The van der Waals surface area contributed by atoms with Gasteiger partial charge in [-0.3, -0.25) is 4.90 Å². The largest absolute Gasteiger partial charge is 0.395 e. The van der Waals surface area contributed by atoms with Gasteiger partial charge in [-0.2, -0.15) is 0 Å². The molecule has 2 unspecified atom stereocenters. The van der Waals surface area contributed by atoms with Crippen molar-refractivity contribution in [3.05, 3.63) is 0 Å². The summed E-state index contributed by atoms with van der Waals surface area (Å²) >= 11 is 0. The number of hydrogen-bond acceptors (Lipinski definition) is 3. The number of nitrogens with one attached hydrogen (secondary N) is 1. The minimum Gasteiger partial charge on any atom is -0.395 e. The minimum absolute atomic E-state index is 0.223. The van der Waals surface area contributed by atoms with Crippen LogP contribution in [0.25, 0.3) is 0 Å². The Hall–Kier alpha value is -0.120. The van der Waals surface area contributed by atoms with Crippen LogP contribution in [0.15, 0.2) is 0 Å². The van der Waals surface area contributed by atoms with Gasteiger partial charge in [0.05, 0.1) is 6.61 Å². The molecule has 104 valence electrons. The highest BCUT2D eigenvalue weighted by Crippen LogP contribution is 2.07. The first kappa shape index (κ1) is 16.9. The van der Waals surface area contributed by atoms with Crippen LogP contribution < -0.4 is 5.32 Å². The molecule has 0 aliphatic heterocycles. The average Bonchev–Trinajstić information content (AvgIpc) is 2.37. The van der Waals surface area contributed by atoms with Crippen LogP contribution in [0.5, 0.6) is 0 Å². The van der Waals surface area contributed by atoms with Crippen molar-refractivity contribution in [1.82, 2.24) is 10.2 Å². The Morgan fingerprint density at radius 1 is 1.18 bits per heavy atom. The first-order chi connectivity index (χ1) is 8.19. The van der Waals surface area contributed by atoms with Crippen molar-refractivity contribution in [3.8, 4) is 0 Å². The maximum Gasteiger partial charge on any atom is 0.0597 e. The van der Waals surface area contributed by atoms with E-state index in [2.05, 4.69) is 37.9 Å². The average molecular weight is 244 g/mol. The summed E-state index contributed by atoms with van der Waals surface area (Å²) in [6.45, 7) is 12.2. The van der Waals surface area contributed by atoms with Crippen LogP contribution in [0, 0.1) is 0 Å². The lowest BCUT2D eigenvalue weighted by atomic mass is 10.1. The standard InChI is InChI=1S/C14H32N2O/c1-5-8-10-16(13(4)7-3)11-14(12-17)15-9-6-2/h13-15,17H,5-12H2,1-4H3. The van der Waals surface area contributed by atoms with E-state index in [1.807, 2.05) is 0 Å². The zero-order valence-electron chi connectivity index (χ0n) is 12.2. The number of rotatable bonds is 11. The Balaban J connectivity index is 4.16. The first-order valence-corrected chi connectivity index (χ1v) is 7.27. The molecule has 2 atom stereocenters. The molecular formula is C14H32N2O. The van der Waals surface area contributed by atoms with Crippen LogP contribution in [-0.4, -0.2) is 48.3 Å². The summed E-state index contributed by atoms with van der Waals surface area (Å²) in [5.74, 6) is 0. The monoisotopic (exact) mass is 244 g/mol. The summed E-state index contributed by atoms with van der Waals surface area (Å²) in [6.07, 6.45) is 4.78. The molecule has 0 bridgehead atoms. The second-order valence-corrected chi connectivity index (χ2v) is 4.94. The molecule has 0 aliphatic rings. The van der Waals surface area contributed by atoms with E-state index in [0.717, 1.165) is 26.1 Å². The molecule has 0 amide bonds. The Morgan fingerprint density at radius 3 is 2.35 bits per heavy atom. The van der Waals surface area contributed by atoms with E-state index < -0.39 is 0 Å². The van der Waals surface area contributed by atoms with E-state index in [1.54, 1.807) is 0 Å². The minimum atomic E-state index is 0.223. The summed E-state index contributed by atoms with van der Waals surface area (Å²) in [6, 6.07) is 0.833. The van der Waals surface area contributed by atoms with E-state index in [1.165, 1.54) is 19.3 Å². The second kappa shape index (κ2) is 11.0. The van der Waals surface area contributed by atoms with Gasteiger partial charge >= 0.3 is 0 Å². The summed E-state index contributed by atoms with van der Waals surface area (Å²) in [5.41, 5.74) is 0. The third-order valence-corrected chi connectivity index (χ3v) is 3.37. The third-order valence-electron chi connectivity index (χ3n) is 3.37. The molecule has 17 heavy (non-hydrogen) atoms. The maximum absolute atomic E-state index is 9.39. The quantitative estimate of drug-likeness (QED) is 0.585. The maximum atomic E-state index is 9.39. The lowest BCUT2D eigenvalue weighted by molar-refractivity contribution is 0.146. The molecule has 3 heteroatoms. The molecule has 0 fully saturated rings. The smallest absolute Gasteiger partial charge is 0.0597 e. The van der Waals surface area contributed by atoms with Gasteiger partial charge in [-0.15, -0.1) is 0 Å². The Labute approximate surface area is 108 Å². The van der Waals surface area contributed by atoms with Gasteiger partial charge in [0.15, 0.2) is 0 Å². The molecule has 0 saturated carbocycles. The highest BCUT2D eigenvalue weighted by molar-refractivity contribution is 4.74. The molecule has 0 aliphatic carbocycles. The van der Waals surface area contributed by atoms with Crippen LogP contribution in [0.2, 0.25) is 0 Å². The summed E-state index contributed by atoms with van der Waals surface area (Å²) in [7, 11) is 0. The lowest BCUT2D eigenvalue weighted by Gasteiger charge is -2.32. The fourth-order valence-electron chi connectivity index (χ4n) is 1.93. The summed E-state index contributed by atoms with van der Waals surface area (Å²) < 4.78 is 0. The van der Waals surface area contributed by atoms with Crippen molar-refractivity contribution in [2.75, 3.05) is 26.2 Å². The second-order valence-electron chi connectivity index (χ2n) is 4.94. The fraction of sp³-hybridized carbons (Fsp3) is 1.00. The zero-order valence-corrected chi connectivity index (χ0v) is 12.2. The Morgan fingerprint density at radius 2 is 1.88 bits per heavy atom. The number of nitrogens with zero attached hydrogens (tertiary/aromatic N) is 1. The highest BCUT2D eigenvalue weighted by atomic mass is 16.3. The molecule has 0 aromatic rings. The Bertz CT molecular complexity index is 164. The van der Waals surface area contributed by atoms with Gasteiger partial charge in [-0.25, -0.2) is 0 Å². The molecule has 3 nitrogen and oxygen atoms in total. The number of hydrogen-bond donors (Lipinski definition) is 2. The lowest BCUT2D eigenvalue weighted by Crippen LogP contribution is -2.46. The highest BCUT2D eigenvalue weighted by Gasteiger charge is 2.16. The molecule has 0 saturated heterocycles. The van der Waals surface area contributed by atoms with Gasteiger partial charge in [-0.1, -0.05) is 27.2 Å². The molecule has 0 radical (unpaired) electrons. The van der Waals surface area contributed by atoms with Crippen molar-refractivity contribution < 1.29 is 5.11 Å². The van der Waals surface area contributed by atoms with Crippen LogP contribution in [0.3, 0.4) is 0 Å². The van der Waals surface area contributed by atoms with Gasteiger partial charge in [0, 0.05) is 18.6 Å². The summed E-state index contributed by atoms with van der Waals surface area (Å²) in [5, 5.41) is 12.8. The number of aliphatic hydroxyl groups is 1. The first-order valence-electron chi connectivity index (χ1n) is 7.27. The van der Waals surface area contributed by atoms with Crippen LogP contribution >= 0.6 is 0 Å². The number of aliphatic hydroxyl groups excluding tert-OH is 1. The van der Waals surface area contributed by atoms with Crippen molar-refractivity contribution in [2.24, 2.45) is 0 Å². The normalized spacial score (nSPS) is 15.2. The van der Waals surface area contributed by atoms with Gasteiger partial charge in [0.2, 0.25) is 0 Å². The van der Waals surface area contributed by atoms with Gasteiger partial charge in [0.1, 0.15) is 0 Å². The number of unbranched alkanes of at least 4 members (excludes halogenated alkanes) is 1. The van der Waals surface area contributed by atoms with E-state index in [-0.39, 0.29) is 12.6 Å². The Kier molecular flexibility index (Phi) is 10.9. The van der Waals surface area contributed by atoms with Crippen molar-refractivity contribution in [2.45, 2.75) is 65.5 Å². The fourth-order valence-corrected chi connectivity index (χ4v) is 1.93. The molecule has 2 N–H and O–H groups in total. The SMILES string of the molecule is CCCCN(CC(CO)NCCC)C(C)CC. The third kappa shape index (κ3) is 7.74.